The molecule has 0 aliphatic carbocycles. The average Bonchev–Trinajstić information content (AvgIpc) is 2.91. The molecule has 0 fully saturated rings. The second kappa shape index (κ2) is 13.7. The van der Waals surface area contributed by atoms with Crippen LogP contribution < -0.4 is 20.1 Å². The molecule has 0 saturated carbocycles. The maximum Gasteiger partial charge on any atom is 0.119 e. The minimum Gasteiger partial charge on any atom is -0.497 e. The predicted molar refractivity (Wildman–Crippen MR) is 149 cm³/mol. The molecule has 4 rings (SSSR count). The zero-order valence-corrected chi connectivity index (χ0v) is 21.2. The van der Waals surface area contributed by atoms with Gasteiger partial charge in [-0.1, -0.05) is 43.2 Å². The van der Waals surface area contributed by atoms with Gasteiger partial charge in [-0.05, 0) is 98.1 Å². The van der Waals surface area contributed by atoms with Crippen molar-refractivity contribution in [1.29, 1.82) is 0 Å². The summed E-state index contributed by atoms with van der Waals surface area (Å²) in [7, 11) is 3.35. The normalized spacial score (nSPS) is 10.1. The number of anilines is 4. The molecule has 0 atom stereocenters. The van der Waals surface area contributed by atoms with Gasteiger partial charge in [-0.3, -0.25) is 0 Å². The van der Waals surface area contributed by atoms with Gasteiger partial charge in [-0.2, -0.15) is 0 Å². The van der Waals surface area contributed by atoms with Crippen LogP contribution in [0, 0.1) is 6.92 Å². The molecule has 0 aliphatic rings. The van der Waals surface area contributed by atoms with E-state index < -0.39 is 0 Å². The number of benzene rings is 4. The van der Waals surface area contributed by atoms with Gasteiger partial charge in [0.2, 0.25) is 0 Å². The smallest absolute Gasteiger partial charge is 0.119 e. The Balaban J connectivity index is 0.000000198. The molecule has 4 aromatic rings. The molecule has 0 aromatic heterocycles. The van der Waals surface area contributed by atoms with Gasteiger partial charge in [-0.25, -0.2) is 0 Å². The van der Waals surface area contributed by atoms with Crippen LogP contribution in [0.4, 0.5) is 22.7 Å². The first kappa shape index (κ1) is 25.7. The van der Waals surface area contributed by atoms with Crippen LogP contribution in [0.1, 0.15) is 30.9 Å². The van der Waals surface area contributed by atoms with Crippen molar-refractivity contribution in [3.8, 4) is 11.5 Å². The first-order valence-electron chi connectivity index (χ1n) is 12.1. The van der Waals surface area contributed by atoms with Crippen LogP contribution in [0.2, 0.25) is 0 Å². The van der Waals surface area contributed by atoms with E-state index in [0.717, 1.165) is 34.2 Å². The van der Waals surface area contributed by atoms with Crippen LogP contribution in [0.15, 0.2) is 97.1 Å². The van der Waals surface area contributed by atoms with E-state index >= 15 is 0 Å². The van der Waals surface area contributed by atoms with Crippen molar-refractivity contribution in [2.45, 2.75) is 33.1 Å². The molecule has 4 heteroatoms. The first-order chi connectivity index (χ1) is 17.1. The summed E-state index contributed by atoms with van der Waals surface area (Å²) in [6, 6.07) is 32.8. The zero-order chi connectivity index (χ0) is 24.9. The molecule has 0 spiro atoms. The third-order valence-corrected chi connectivity index (χ3v) is 5.58. The molecule has 0 aliphatic heterocycles. The van der Waals surface area contributed by atoms with Gasteiger partial charge in [0, 0.05) is 22.7 Å². The minimum absolute atomic E-state index is 0.870. The highest BCUT2D eigenvalue weighted by Crippen LogP contribution is 2.21. The Morgan fingerprint density at radius 1 is 0.543 bits per heavy atom. The van der Waals surface area contributed by atoms with Gasteiger partial charge in [0.15, 0.2) is 0 Å². The molecular formula is C31H36N2O2. The second-order valence-electron chi connectivity index (χ2n) is 8.37. The lowest BCUT2D eigenvalue weighted by Crippen LogP contribution is -1.91. The molecule has 4 nitrogen and oxygen atoms in total. The van der Waals surface area contributed by atoms with Crippen LogP contribution in [0.5, 0.6) is 11.5 Å². The third-order valence-electron chi connectivity index (χ3n) is 5.58. The Bertz CT molecular complexity index is 1120. The van der Waals surface area contributed by atoms with E-state index in [-0.39, 0.29) is 0 Å². The van der Waals surface area contributed by atoms with Gasteiger partial charge in [0.1, 0.15) is 11.5 Å². The summed E-state index contributed by atoms with van der Waals surface area (Å²) in [5.41, 5.74) is 7.01. The summed E-state index contributed by atoms with van der Waals surface area (Å²) >= 11 is 0. The maximum absolute atomic E-state index is 5.14. The van der Waals surface area contributed by atoms with Gasteiger partial charge >= 0.3 is 0 Å². The molecule has 0 saturated heterocycles. The fourth-order valence-electron chi connectivity index (χ4n) is 3.45. The minimum atomic E-state index is 0.870. The SMILES string of the molecule is CCCCc1ccc(Nc2ccc(OC)cc2)cc1.COc1ccc(Nc2ccc(C)cc2)cc1. The van der Waals surface area contributed by atoms with Crippen LogP contribution in [0.3, 0.4) is 0 Å². The second-order valence-corrected chi connectivity index (χ2v) is 8.37. The fraction of sp³-hybridized carbons (Fsp3) is 0.226. The molecule has 2 N–H and O–H groups in total. The lowest BCUT2D eigenvalue weighted by Gasteiger charge is -2.08. The molecule has 35 heavy (non-hydrogen) atoms. The highest BCUT2D eigenvalue weighted by atomic mass is 16.5. The number of hydrogen-bond donors (Lipinski definition) is 2. The summed E-state index contributed by atoms with van der Waals surface area (Å²) in [6.07, 6.45) is 3.66. The highest BCUT2D eigenvalue weighted by molar-refractivity contribution is 5.61. The Morgan fingerprint density at radius 2 is 0.914 bits per heavy atom. The number of aryl methyl sites for hydroxylation is 2. The Labute approximate surface area is 209 Å². The van der Waals surface area contributed by atoms with Crippen LogP contribution in [0.25, 0.3) is 0 Å². The summed E-state index contributed by atoms with van der Waals surface area (Å²) in [5, 5.41) is 6.71. The Kier molecular flexibility index (Phi) is 10.1. The molecule has 0 bridgehead atoms. The van der Waals surface area contributed by atoms with Crippen molar-refractivity contribution in [1.82, 2.24) is 0 Å². The van der Waals surface area contributed by atoms with E-state index in [1.54, 1.807) is 14.2 Å². The van der Waals surface area contributed by atoms with E-state index in [9.17, 15) is 0 Å². The topological polar surface area (TPSA) is 42.5 Å². The molecule has 0 amide bonds. The number of methoxy groups -OCH3 is 2. The Morgan fingerprint density at radius 3 is 1.29 bits per heavy atom. The fourth-order valence-corrected chi connectivity index (χ4v) is 3.45. The van der Waals surface area contributed by atoms with E-state index in [0.29, 0.717) is 0 Å². The lowest BCUT2D eigenvalue weighted by molar-refractivity contribution is 0.415. The van der Waals surface area contributed by atoms with Crippen LogP contribution in [-0.2, 0) is 6.42 Å². The predicted octanol–water partition coefficient (Wildman–Crippen LogP) is 8.53. The van der Waals surface area contributed by atoms with Crippen LogP contribution in [-0.4, -0.2) is 14.2 Å². The maximum atomic E-state index is 5.14. The van der Waals surface area contributed by atoms with Gasteiger partial charge in [0.25, 0.3) is 0 Å². The lowest BCUT2D eigenvalue weighted by atomic mass is 10.1. The van der Waals surface area contributed by atoms with E-state index in [1.807, 2.05) is 48.5 Å². The number of rotatable bonds is 9. The van der Waals surface area contributed by atoms with Crippen molar-refractivity contribution in [3.63, 3.8) is 0 Å². The standard InChI is InChI=1S/C17H21NO.C14H15NO/c1-3-4-5-14-6-8-15(9-7-14)18-16-10-12-17(19-2)13-11-16;1-11-3-5-12(6-4-11)15-13-7-9-14(16-2)10-8-13/h6-13,18H,3-5H2,1-2H3;3-10,15H,1-2H3. The molecule has 182 valence electrons. The van der Waals surface area contributed by atoms with Crippen molar-refractivity contribution >= 4 is 22.7 Å². The average molecular weight is 469 g/mol. The number of ether oxygens (including phenoxy) is 2. The monoisotopic (exact) mass is 468 g/mol. The highest BCUT2D eigenvalue weighted by Gasteiger charge is 1.98. The number of unbranched alkanes of at least 4 members (excludes halogenated alkanes) is 1. The summed E-state index contributed by atoms with van der Waals surface area (Å²) in [6.45, 7) is 4.30. The largest absolute Gasteiger partial charge is 0.497 e. The molecule has 0 heterocycles. The van der Waals surface area contributed by atoms with E-state index in [1.165, 1.54) is 30.4 Å². The zero-order valence-electron chi connectivity index (χ0n) is 21.2. The summed E-state index contributed by atoms with van der Waals surface area (Å²) < 4.78 is 10.3. The Hall–Kier alpha value is -3.92. The van der Waals surface area contributed by atoms with E-state index in [2.05, 4.69) is 73.0 Å². The molecule has 0 radical (unpaired) electrons. The van der Waals surface area contributed by atoms with Gasteiger partial charge in [0.05, 0.1) is 14.2 Å². The van der Waals surface area contributed by atoms with Gasteiger partial charge < -0.3 is 20.1 Å². The van der Waals surface area contributed by atoms with E-state index in [4.69, 9.17) is 9.47 Å². The molecule has 4 aromatic carbocycles. The molecule has 0 unspecified atom stereocenters. The van der Waals surface area contributed by atoms with Crippen molar-refractivity contribution < 1.29 is 9.47 Å². The summed E-state index contributed by atoms with van der Waals surface area (Å²) in [4.78, 5) is 0. The van der Waals surface area contributed by atoms with Crippen molar-refractivity contribution in [2.24, 2.45) is 0 Å². The van der Waals surface area contributed by atoms with Gasteiger partial charge in [-0.15, -0.1) is 0 Å². The van der Waals surface area contributed by atoms with Crippen LogP contribution >= 0.6 is 0 Å². The quantitative estimate of drug-likeness (QED) is 0.258. The van der Waals surface area contributed by atoms with Crippen molar-refractivity contribution in [3.05, 3.63) is 108 Å². The summed E-state index contributed by atoms with van der Waals surface area (Å²) in [5.74, 6) is 1.75. The number of nitrogens with one attached hydrogen (secondary N) is 2. The van der Waals surface area contributed by atoms with Crippen molar-refractivity contribution in [2.75, 3.05) is 24.9 Å². The third kappa shape index (κ3) is 8.74. The number of hydrogen-bond acceptors (Lipinski definition) is 4. The molecular weight excluding hydrogens is 432 g/mol. The first-order valence-corrected chi connectivity index (χ1v) is 12.1.